The number of hydrogen-bond donors (Lipinski definition) is 1. The summed E-state index contributed by atoms with van der Waals surface area (Å²) in [4.78, 5) is 0. The first-order valence-electron chi connectivity index (χ1n) is 6.56. The van der Waals surface area contributed by atoms with Crippen molar-refractivity contribution in [2.24, 2.45) is 5.73 Å². The van der Waals surface area contributed by atoms with Gasteiger partial charge in [0.15, 0.2) is 0 Å². The summed E-state index contributed by atoms with van der Waals surface area (Å²) in [7, 11) is 1.60. The molecule has 0 saturated heterocycles. The van der Waals surface area contributed by atoms with E-state index in [1.54, 1.807) is 7.11 Å². The monoisotopic (exact) mass is 345 g/mol. The van der Waals surface area contributed by atoms with E-state index in [2.05, 4.69) is 0 Å². The van der Waals surface area contributed by atoms with E-state index < -0.39 is 5.82 Å². The van der Waals surface area contributed by atoms with Crippen molar-refractivity contribution in [3.8, 4) is 17.2 Å². The number of ether oxygens (including phenoxy) is 2. The molecule has 0 fully saturated rings. The second-order valence-electron chi connectivity index (χ2n) is 4.60. The van der Waals surface area contributed by atoms with Crippen LogP contribution in [0.4, 0.5) is 4.39 Å². The molecule has 0 aliphatic heterocycles. The summed E-state index contributed by atoms with van der Waals surface area (Å²) < 4.78 is 24.7. The molecule has 2 rings (SSSR count). The van der Waals surface area contributed by atoms with E-state index in [-0.39, 0.29) is 17.4 Å². The third-order valence-corrected chi connectivity index (χ3v) is 3.48. The number of rotatable bonds is 5. The molecule has 0 aliphatic carbocycles. The van der Waals surface area contributed by atoms with Crippen LogP contribution in [0.25, 0.3) is 0 Å². The zero-order valence-electron chi connectivity index (χ0n) is 12.4. The zero-order valence-corrected chi connectivity index (χ0v) is 13.9. The second kappa shape index (κ2) is 8.22. The third kappa shape index (κ3) is 4.03. The van der Waals surface area contributed by atoms with Crippen LogP contribution in [0.2, 0.25) is 5.02 Å². The molecule has 6 heteroatoms. The quantitative estimate of drug-likeness (QED) is 0.866. The van der Waals surface area contributed by atoms with Crippen molar-refractivity contribution < 1.29 is 13.9 Å². The molecule has 0 radical (unpaired) electrons. The molecule has 120 valence electrons. The summed E-state index contributed by atoms with van der Waals surface area (Å²) >= 11 is 5.84. The van der Waals surface area contributed by atoms with E-state index in [1.165, 1.54) is 12.1 Å². The first-order chi connectivity index (χ1) is 10.1. The predicted molar refractivity (Wildman–Crippen MR) is 89.2 cm³/mol. The molecule has 3 nitrogen and oxygen atoms in total. The van der Waals surface area contributed by atoms with Crippen molar-refractivity contribution in [3.63, 3.8) is 0 Å². The van der Waals surface area contributed by atoms with Gasteiger partial charge >= 0.3 is 0 Å². The van der Waals surface area contributed by atoms with Crippen LogP contribution in [0.15, 0.2) is 30.3 Å². The Morgan fingerprint density at radius 1 is 1.18 bits per heavy atom. The first-order valence-corrected chi connectivity index (χ1v) is 6.94. The van der Waals surface area contributed by atoms with Gasteiger partial charge in [-0.05, 0) is 43.7 Å². The number of benzene rings is 2. The van der Waals surface area contributed by atoms with Gasteiger partial charge in [0.05, 0.1) is 12.1 Å². The second-order valence-corrected chi connectivity index (χ2v) is 5.01. The van der Waals surface area contributed by atoms with Gasteiger partial charge in [0.25, 0.3) is 0 Å². The number of methoxy groups -OCH3 is 1. The molecule has 0 saturated carbocycles. The molecule has 22 heavy (non-hydrogen) atoms. The minimum atomic E-state index is -0.477. The Labute approximate surface area is 140 Å². The molecule has 0 bridgehead atoms. The molecule has 0 atom stereocenters. The number of halogens is 3. The van der Waals surface area contributed by atoms with Crippen molar-refractivity contribution in [2.45, 2.75) is 13.3 Å². The molecule has 0 heterocycles. The Kier molecular flexibility index (Phi) is 6.94. The smallest absolute Gasteiger partial charge is 0.142 e. The molecule has 0 aromatic heterocycles. The predicted octanol–water partition coefficient (Wildman–Crippen LogP) is 4.51. The Hall–Kier alpha value is -1.49. The Morgan fingerprint density at radius 3 is 2.50 bits per heavy atom. The maximum absolute atomic E-state index is 13.6. The summed E-state index contributed by atoms with van der Waals surface area (Å²) in [5.41, 5.74) is 7.10. The molecule has 2 N–H and O–H groups in total. The lowest BCUT2D eigenvalue weighted by atomic mass is 10.1. The molecule has 2 aromatic rings. The van der Waals surface area contributed by atoms with Gasteiger partial charge in [0, 0.05) is 11.6 Å². The maximum Gasteiger partial charge on any atom is 0.142 e. The highest BCUT2D eigenvalue weighted by Gasteiger charge is 2.13. The molecular formula is C16H18Cl2FNO2. The van der Waals surface area contributed by atoms with Crippen LogP contribution in [-0.4, -0.2) is 13.7 Å². The third-order valence-electron chi connectivity index (χ3n) is 3.19. The Bertz CT molecular complexity index is 650. The van der Waals surface area contributed by atoms with Crippen LogP contribution in [0.3, 0.4) is 0 Å². The molecule has 0 unspecified atom stereocenters. The fraction of sp³-hybridized carbons (Fsp3) is 0.250. The van der Waals surface area contributed by atoms with Gasteiger partial charge in [-0.3, -0.25) is 0 Å². The van der Waals surface area contributed by atoms with Gasteiger partial charge in [0.1, 0.15) is 23.1 Å². The summed E-state index contributed by atoms with van der Waals surface area (Å²) in [6, 6.07) is 8.33. The SMILES string of the molecule is COc1cccc(Oc2cc(Cl)c(F)cc2CCN)c1C.Cl. The maximum atomic E-state index is 13.6. The molecule has 2 aromatic carbocycles. The van der Waals surface area contributed by atoms with E-state index in [9.17, 15) is 4.39 Å². The highest BCUT2D eigenvalue weighted by atomic mass is 35.5. The van der Waals surface area contributed by atoms with Gasteiger partial charge in [-0.1, -0.05) is 17.7 Å². The lowest BCUT2D eigenvalue weighted by Gasteiger charge is -2.15. The summed E-state index contributed by atoms with van der Waals surface area (Å²) in [5, 5.41) is 0.0197. The van der Waals surface area contributed by atoms with E-state index >= 15 is 0 Å². The summed E-state index contributed by atoms with van der Waals surface area (Å²) in [6.07, 6.45) is 0.506. The fourth-order valence-electron chi connectivity index (χ4n) is 2.06. The van der Waals surface area contributed by atoms with Crippen LogP contribution in [0.1, 0.15) is 11.1 Å². The van der Waals surface area contributed by atoms with Gasteiger partial charge in [0.2, 0.25) is 0 Å². The van der Waals surface area contributed by atoms with E-state index in [0.717, 1.165) is 11.3 Å². The zero-order chi connectivity index (χ0) is 15.4. The highest BCUT2D eigenvalue weighted by molar-refractivity contribution is 6.30. The van der Waals surface area contributed by atoms with Crippen LogP contribution < -0.4 is 15.2 Å². The standard InChI is InChI=1S/C16H17ClFNO2.ClH/c1-10-14(20-2)4-3-5-15(10)21-16-9-12(17)13(18)8-11(16)6-7-19;/h3-5,8-9H,6-7,19H2,1-2H3;1H. The van der Waals surface area contributed by atoms with Crippen LogP contribution in [-0.2, 0) is 6.42 Å². The molecular weight excluding hydrogens is 328 g/mol. The topological polar surface area (TPSA) is 44.5 Å². The van der Waals surface area contributed by atoms with Crippen LogP contribution in [0.5, 0.6) is 17.2 Å². The van der Waals surface area contributed by atoms with Crippen molar-refractivity contribution >= 4 is 24.0 Å². The van der Waals surface area contributed by atoms with Gasteiger partial charge in [-0.15, -0.1) is 12.4 Å². The van der Waals surface area contributed by atoms with Gasteiger partial charge < -0.3 is 15.2 Å². The molecule has 0 spiro atoms. The minimum absolute atomic E-state index is 0. The van der Waals surface area contributed by atoms with Crippen molar-refractivity contribution in [1.82, 2.24) is 0 Å². The average Bonchev–Trinajstić information content (AvgIpc) is 2.46. The van der Waals surface area contributed by atoms with Crippen molar-refractivity contribution in [1.29, 1.82) is 0 Å². The van der Waals surface area contributed by atoms with Gasteiger partial charge in [-0.25, -0.2) is 4.39 Å². The van der Waals surface area contributed by atoms with E-state index in [4.69, 9.17) is 26.8 Å². The summed E-state index contributed by atoms with van der Waals surface area (Å²) in [5.74, 6) is 1.38. The number of hydrogen-bond acceptors (Lipinski definition) is 3. The largest absolute Gasteiger partial charge is 0.496 e. The lowest BCUT2D eigenvalue weighted by molar-refractivity contribution is 0.404. The van der Waals surface area contributed by atoms with E-state index in [1.807, 2.05) is 25.1 Å². The lowest BCUT2D eigenvalue weighted by Crippen LogP contribution is -2.05. The van der Waals surface area contributed by atoms with Crippen molar-refractivity contribution in [3.05, 3.63) is 52.3 Å². The first kappa shape index (κ1) is 18.6. The van der Waals surface area contributed by atoms with Gasteiger partial charge in [-0.2, -0.15) is 0 Å². The Morgan fingerprint density at radius 2 is 1.86 bits per heavy atom. The molecule has 0 aliphatic rings. The minimum Gasteiger partial charge on any atom is -0.496 e. The van der Waals surface area contributed by atoms with Crippen LogP contribution >= 0.6 is 24.0 Å². The van der Waals surface area contributed by atoms with E-state index in [0.29, 0.717) is 30.0 Å². The normalized spacial score (nSPS) is 10.0. The Balaban J connectivity index is 0.00000242. The highest BCUT2D eigenvalue weighted by Crippen LogP contribution is 2.34. The number of nitrogens with two attached hydrogens (primary N) is 1. The average molecular weight is 346 g/mol. The van der Waals surface area contributed by atoms with Crippen molar-refractivity contribution in [2.75, 3.05) is 13.7 Å². The fourth-order valence-corrected chi connectivity index (χ4v) is 2.21. The summed E-state index contributed by atoms with van der Waals surface area (Å²) in [6.45, 7) is 2.29. The molecule has 0 amide bonds. The van der Waals surface area contributed by atoms with Crippen LogP contribution in [0, 0.1) is 12.7 Å².